The first-order chi connectivity index (χ1) is 6.87. The van der Waals surface area contributed by atoms with E-state index < -0.39 is 0 Å². The minimum absolute atomic E-state index is 0.155. The van der Waals surface area contributed by atoms with Crippen LogP contribution in [0.5, 0.6) is 0 Å². The summed E-state index contributed by atoms with van der Waals surface area (Å²) in [5.74, 6) is 0.604. The molecule has 92 valence electrons. The summed E-state index contributed by atoms with van der Waals surface area (Å²) in [6.07, 6.45) is 1.10. The third-order valence-corrected chi connectivity index (χ3v) is 3.57. The number of hydrogen-bond acceptors (Lipinski definition) is 3. The van der Waals surface area contributed by atoms with E-state index in [1.807, 2.05) is 7.05 Å². The summed E-state index contributed by atoms with van der Waals surface area (Å²) in [7, 11) is 8.07. The highest BCUT2D eigenvalue weighted by molar-refractivity contribution is 4.93. The molecule has 3 heteroatoms. The maximum absolute atomic E-state index is 5.14. The molecule has 2 unspecified atom stereocenters. The van der Waals surface area contributed by atoms with Crippen LogP contribution in [-0.2, 0) is 4.74 Å². The maximum atomic E-state index is 5.14. The van der Waals surface area contributed by atoms with Gasteiger partial charge in [0.05, 0.1) is 0 Å². The Morgan fingerprint density at radius 3 is 2.20 bits per heavy atom. The minimum atomic E-state index is 0.155. The first-order valence-corrected chi connectivity index (χ1v) is 5.71. The predicted molar refractivity (Wildman–Crippen MR) is 66.3 cm³/mol. The van der Waals surface area contributed by atoms with Crippen LogP contribution in [0.1, 0.15) is 27.2 Å². The van der Waals surface area contributed by atoms with Crippen molar-refractivity contribution in [3.05, 3.63) is 0 Å². The zero-order valence-electron chi connectivity index (χ0n) is 11.4. The van der Waals surface area contributed by atoms with E-state index >= 15 is 0 Å². The first kappa shape index (κ1) is 14.9. The second kappa shape index (κ2) is 6.46. The van der Waals surface area contributed by atoms with E-state index in [-0.39, 0.29) is 5.54 Å². The van der Waals surface area contributed by atoms with Gasteiger partial charge in [0, 0.05) is 25.3 Å². The summed E-state index contributed by atoms with van der Waals surface area (Å²) in [6.45, 7) is 7.67. The standard InChI is InChI=1S/C12H28N2O/c1-10(8-9-15-7)11(13-4)12(2,3)14(5)6/h10-11,13H,8-9H2,1-7H3. The van der Waals surface area contributed by atoms with Crippen molar-refractivity contribution in [1.82, 2.24) is 10.2 Å². The monoisotopic (exact) mass is 216 g/mol. The van der Waals surface area contributed by atoms with E-state index in [4.69, 9.17) is 4.74 Å². The summed E-state index contributed by atoms with van der Waals surface area (Å²) < 4.78 is 5.14. The van der Waals surface area contributed by atoms with Crippen LogP contribution in [0.25, 0.3) is 0 Å². The number of methoxy groups -OCH3 is 1. The fraction of sp³-hybridized carbons (Fsp3) is 1.00. The molecule has 0 aliphatic rings. The molecule has 0 saturated carbocycles. The van der Waals surface area contributed by atoms with Gasteiger partial charge in [-0.25, -0.2) is 0 Å². The number of ether oxygens (including phenoxy) is 1. The highest BCUT2D eigenvalue weighted by Crippen LogP contribution is 2.23. The van der Waals surface area contributed by atoms with Gasteiger partial charge in [-0.15, -0.1) is 0 Å². The number of hydrogen-bond donors (Lipinski definition) is 1. The molecule has 0 bridgehead atoms. The average molecular weight is 216 g/mol. The zero-order chi connectivity index (χ0) is 12.1. The van der Waals surface area contributed by atoms with Gasteiger partial charge in [0.2, 0.25) is 0 Å². The number of nitrogens with one attached hydrogen (secondary N) is 1. The van der Waals surface area contributed by atoms with Gasteiger partial charge in [-0.1, -0.05) is 6.92 Å². The lowest BCUT2D eigenvalue weighted by atomic mass is 9.83. The molecule has 0 amide bonds. The van der Waals surface area contributed by atoms with Crippen LogP contribution in [0.4, 0.5) is 0 Å². The molecule has 0 aliphatic carbocycles. The van der Waals surface area contributed by atoms with E-state index in [0.717, 1.165) is 13.0 Å². The van der Waals surface area contributed by atoms with Crippen molar-refractivity contribution in [2.24, 2.45) is 5.92 Å². The lowest BCUT2D eigenvalue weighted by Crippen LogP contribution is -2.57. The topological polar surface area (TPSA) is 24.5 Å². The van der Waals surface area contributed by atoms with E-state index in [2.05, 4.69) is 45.1 Å². The summed E-state index contributed by atoms with van der Waals surface area (Å²) in [5, 5.41) is 3.44. The van der Waals surface area contributed by atoms with Crippen molar-refractivity contribution >= 4 is 0 Å². The Kier molecular flexibility index (Phi) is 6.41. The minimum Gasteiger partial charge on any atom is -0.385 e. The van der Waals surface area contributed by atoms with Gasteiger partial charge in [-0.2, -0.15) is 0 Å². The van der Waals surface area contributed by atoms with Gasteiger partial charge in [0.15, 0.2) is 0 Å². The van der Waals surface area contributed by atoms with Crippen molar-refractivity contribution in [2.45, 2.75) is 38.8 Å². The Hall–Kier alpha value is -0.120. The predicted octanol–water partition coefficient (Wildman–Crippen LogP) is 1.59. The summed E-state index contributed by atoms with van der Waals surface area (Å²) in [5.41, 5.74) is 0.155. The largest absolute Gasteiger partial charge is 0.385 e. The van der Waals surface area contributed by atoms with E-state index in [1.165, 1.54) is 0 Å². The van der Waals surface area contributed by atoms with Crippen LogP contribution in [0.15, 0.2) is 0 Å². The molecule has 0 heterocycles. The van der Waals surface area contributed by atoms with Crippen molar-refractivity contribution in [3.63, 3.8) is 0 Å². The summed E-state index contributed by atoms with van der Waals surface area (Å²) in [4.78, 5) is 2.28. The van der Waals surface area contributed by atoms with Crippen LogP contribution < -0.4 is 5.32 Å². The molecule has 0 aromatic heterocycles. The molecule has 15 heavy (non-hydrogen) atoms. The third-order valence-electron chi connectivity index (χ3n) is 3.57. The van der Waals surface area contributed by atoms with E-state index in [1.54, 1.807) is 7.11 Å². The van der Waals surface area contributed by atoms with E-state index in [9.17, 15) is 0 Å². The molecule has 2 atom stereocenters. The number of nitrogens with zero attached hydrogens (tertiary/aromatic N) is 1. The fourth-order valence-corrected chi connectivity index (χ4v) is 2.08. The Morgan fingerprint density at radius 2 is 1.87 bits per heavy atom. The van der Waals surface area contributed by atoms with Gasteiger partial charge in [-0.3, -0.25) is 0 Å². The number of likely N-dealkylation sites (N-methyl/N-ethyl adjacent to an activating group) is 2. The Morgan fingerprint density at radius 1 is 1.33 bits per heavy atom. The SMILES string of the molecule is CNC(C(C)CCOC)C(C)(C)N(C)C. The Bertz CT molecular complexity index is 169. The van der Waals surface area contributed by atoms with Gasteiger partial charge >= 0.3 is 0 Å². The zero-order valence-corrected chi connectivity index (χ0v) is 11.4. The molecule has 0 aromatic carbocycles. The van der Waals surface area contributed by atoms with Crippen LogP contribution in [0.2, 0.25) is 0 Å². The van der Waals surface area contributed by atoms with Crippen molar-refractivity contribution in [2.75, 3.05) is 34.9 Å². The van der Waals surface area contributed by atoms with Crippen LogP contribution in [0.3, 0.4) is 0 Å². The smallest absolute Gasteiger partial charge is 0.0465 e. The van der Waals surface area contributed by atoms with Crippen LogP contribution in [0, 0.1) is 5.92 Å². The Labute approximate surface area is 95.2 Å². The maximum Gasteiger partial charge on any atom is 0.0465 e. The summed E-state index contributed by atoms with van der Waals surface area (Å²) in [6, 6.07) is 0.475. The highest BCUT2D eigenvalue weighted by atomic mass is 16.5. The quantitative estimate of drug-likeness (QED) is 0.699. The van der Waals surface area contributed by atoms with E-state index in [0.29, 0.717) is 12.0 Å². The Balaban J connectivity index is 4.45. The summed E-state index contributed by atoms with van der Waals surface area (Å²) >= 11 is 0. The van der Waals surface area contributed by atoms with Crippen molar-refractivity contribution in [1.29, 1.82) is 0 Å². The molecule has 0 saturated heterocycles. The second-order valence-corrected chi connectivity index (χ2v) is 5.07. The van der Waals surface area contributed by atoms with Gasteiger partial charge < -0.3 is 15.0 Å². The normalized spacial score (nSPS) is 16.8. The molecule has 1 N–H and O–H groups in total. The first-order valence-electron chi connectivity index (χ1n) is 5.71. The lowest BCUT2D eigenvalue weighted by molar-refractivity contribution is 0.0935. The second-order valence-electron chi connectivity index (χ2n) is 5.07. The van der Waals surface area contributed by atoms with Crippen LogP contribution >= 0.6 is 0 Å². The molecular formula is C12H28N2O. The molecule has 0 fully saturated rings. The molecular weight excluding hydrogens is 188 g/mol. The molecule has 0 radical (unpaired) electrons. The third kappa shape index (κ3) is 4.09. The fourth-order valence-electron chi connectivity index (χ4n) is 2.08. The van der Waals surface area contributed by atoms with Crippen molar-refractivity contribution in [3.8, 4) is 0 Å². The highest BCUT2D eigenvalue weighted by Gasteiger charge is 2.33. The van der Waals surface area contributed by atoms with Gasteiger partial charge in [0.1, 0.15) is 0 Å². The molecule has 0 aromatic rings. The van der Waals surface area contributed by atoms with Gasteiger partial charge in [-0.05, 0) is 47.3 Å². The molecule has 0 spiro atoms. The molecule has 0 rings (SSSR count). The average Bonchev–Trinajstić information content (AvgIpc) is 2.15. The molecule has 0 aliphatic heterocycles. The lowest BCUT2D eigenvalue weighted by Gasteiger charge is -2.43. The van der Waals surface area contributed by atoms with Gasteiger partial charge in [0.25, 0.3) is 0 Å². The number of rotatable bonds is 7. The van der Waals surface area contributed by atoms with Crippen molar-refractivity contribution < 1.29 is 4.74 Å². The van der Waals surface area contributed by atoms with Crippen LogP contribution in [-0.4, -0.2) is 51.3 Å². The molecule has 3 nitrogen and oxygen atoms in total.